The molecule has 1 saturated heterocycles. The Kier molecular flexibility index (Phi) is 7.25. The summed E-state index contributed by atoms with van der Waals surface area (Å²) in [6, 6.07) is 31.5. The van der Waals surface area contributed by atoms with E-state index in [1.807, 2.05) is 46.7 Å². The Bertz CT molecular complexity index is 1200. The summed E-state index contributed by atoms with van der Waals surface area (Å²) in [5, 5.41) is 9.28. The molecule has 0 saturated carbocycles. The minimum Gasteiger partial charge on any atom is -0.339 e. The van der Waals surface area contributed by atoms with Gasteiger partial charge in [-0.2, -0.15) is 0 Å². The highest BCUT2D eigenvalue weighted by atomic mass is 32.2. The van der Waals surface area contributed by atoms with Crippen LogP contribution in [0.15, 0.2) is 96.2 Å². The van der Waals surface area contributed by atoms with Gasteiger partial charge in [0.1, 0.15) is 5.82 Å². The molecule has 1 fully saturated rings. The largest absolute Gasteiger partial charge is 0.339 e. The molecule has 2 heterocycles. The van der Waals surface area contributed by atoms with Gasteiger partial charge in [-0.3, -0.25) is 14.3 Å². The molecule has 5 rings (SSSR count). The van der Waals surface area contributed by atoms with Gasteiger partial charge in [-0.05, 0) is 30.2 Å². The van der Waals surface area contributed by atoms with E-state index in [-0.39, 0.29) is 11.9 Å². The maximum absolute atomic E-state index is 13.1. The monoisotopic (exact) mass is 483 g/mol. The SMILES string of the molecule is Cc1nnc(SCC(=O)N2CCN(C(c3ccccc3)c3ccccc3)CC2)n1-c1ccccc1. The van der Waals surface area contributed by atoms with Gasteiger partial charge in [-0.15, -0.1) is 10.2 Å². The molecule has 1 aromatic heterocycles. The lowest BCUT2D eigenvalue weighted by molar-refractivity contribution is -0.130. The number of carbonyl (C=O) groups excluding carboxylic acids is 1. The summed E-state index contributed by atoms with van der Waals surface area (Å²) in [5.74, 6) is 1.31. The van der Waals surface area contributed by atoms with Crippen LogP contribution in [0.25, 0.3) is 5.69 Å². The Morgan fingerprint density at radius 1 is 0.800 bits per heavy atom. The zero-order chi connectivity index (χ0) is 24.0. The maximum atomic E-state index is 13.1. The van der Waals surface area contributed by atoms with Gasteiger partial charge in [0, 0.05) is 31.9 Å². The Morgan fingerprint density at radius 3 is 1.91 bits per heavy atom. The van der Waals surface area contributed by atoms with Gasteiger partial charge in [-0.1, -0.05) is 90.6 Å². The Hall–Kier alpha value is -3.42. The summed E-state index contributed by atoms with van der Waals surface area (Å²) >= 11 is 1.45. The average Bonchev–Trinajstić information content (AvgIpc) is 3.29. The zero-order valence-corrected chi connectivity index (χ0v) is 20.6. The number of aromatic nitrogens is 3. The molecule has 3 aromatic carbocycles. The third kappa shape index (κ3) is 5.31. The van der Waals surface area contributed by atoms with Crippen molar-refractivity contribution in [3.8, 4) is 5.69 Å². The van der Waals surface area contributed by atoms with Crippen LogP contribution in [0.1, 0.15) is 23.0 Å². The number of carbonyl (C=O) groups is 1. The highest BCUT2D eigenvalue weighted by Gasteiger charge is 2.28. The second-order valence-electron chi connectivity index (χ2n) is 8.63. The summed E-state index contributed by atoms with van der Waals surface area (Å²) in [6.07, 6.45) is 0. The number of hydrogen-bond donors (Lipinski definition) is 0. The van der Waals surface area contributed by atoms with Crippen molar-refractivity contribution in [2.75, 3.05) is 31.9 Å². The smallest absolute Gasteiger partial charge is 0.233 e. The van der Waals surface area contributed by atoms with Gasteiger partial charge in [0.15, 0.2) is 5.16 Å². The Balaban J connectivity index is 1.23. The van der Waals surface area contributed by atoms with Crippen molar-refractivity contribution in [3.63, 3.8) is 0 Å². The molecule has 1 aliphatic rings. The van der Waals surface area contributed by atoms with Crippen molar-refractivity contribution in [1.29, 1.82) is 0 Å². The predicted octanol–water partition coefficient (Wildman–Crippen LogP) is 4.60. The molecule has 7 heteroatoms. The van der Waals surface area contributed by atoms with Crippen LogP contribution in [0.4, 0.5) is 0 Å². The van der Waals surface area contributed by atoms with E-state index in [9.17, 15) is 4.79 Å². The van der Waals surface area contributed by atoms with Crippen LogP contribution in [0.5, 0.6) is 0 Å². The van der Waals surface area contributed by atoms with Crippen molar-refractivity contribution in [2.45, 2.75) is 18.1 Å². The van der Waals surface area contributed by atoms with Crippen LogP contribution in [0.2, 0.25) is 0 Å². The summed E-state index contributed by atoms with van der Waals surface area (Å²) in [7, 11) is 0. The van der Waals surface area contributed by atoms with Crippen LogP contribution in [-0.4, -0.2) is 62.4 Å². The summed E-state index contributed by atoms with van der Waals surface area (Å²) in [4.78, 5) is 17.5. The molecule has 4 aromatic rings. The maximum Gasteiger partial charge on any atom is 0.233 e. The van der Waals surface area contributed by atoms with E-state index in [4.69, 9.17) is 0 Å². The van der Waals surface area contributed by atoms with E-state index in [1.165, 1.54) is 22.9 Å². The molecule has 0 radical (unpaired) electrons. The van der Waals surface area contributed by atoms with Crippen molar-refractivity contribution in [2.24, 2.45) is 0 Å². The molecule has 178 valence electrons. The van der Waals surface area contributed by atoms with Crippen LogP contribution in [0, 0.1) is 6.92 Å². The van der Waals surface area contributed by atoms with Crippen LogP contribution in [0.3, 0.4) is 0 Å². The molecule has 0 spiro atoms. The summed E-state index contributed by atoms with van der Waals surface area (Å²) in [5.41, 5.74) is 3.57. The fraction of sp³-hybridized carbons (Fsp3) is 0.250. The molecule has 0 bridgehead atoms. The molecule has 0 N–H and O–H groups in total. The second-order valence-corrected chi connectivity index (χ2v) is 9.57. The van der Waals surface area contributed by atoms with Crippen molar-refractivity contribution < 1.29 is 4.79 Å². The van der Waals surface area contributed by atoms with E-state index in [1.54, 1.807) is 0 Å². The van der Waals surface area contributed by atoms with Crippen molar-refractivity contribution >= 4 is 17.7 Å². The van der Waals surface area contributed by atoms with Crippen molar-refractivity contribution in [3.05, 3.63) is 108 Å². The molecule has 0 atom stereocenters. The number of hydrogen-bond acceptors (Lipinski definition) is 5. The molecule has 35 heavy (non-hydrogen) atoms. The quantitative estimate of drug-likeness (QED) is 0.360. The second kappa shape index (κ2) is 10.9. The molecule has 0 aliphatic carbocycles. The molecular weight excluding hydrogens is 454 g/mol. The number of amides is 1. The van der Waals surface area contributed by atoms with E-state index in [0.29, 0.717) is 5.75 Å². The molecule has 1 aliphatic heterocycles. The Morgan fingerprint density at radius 2 is 1.34 bits per heavy atom. The van der Waals surface area contributed by atoms with Crippen LogP contribution >= 0.6 is 11.8 Å². The van der Waals surface area contributed by atoms with Gasteiger partial charge >= 0.3 is 0 Å². The van der Waals surface area contributed by atoms with E-state index in [0.717, 1.165) is 42.8 Å². The number of para-hydroxylation sites is 1. The number of thioether (sulfide) groups is 1. The standard InChI is InChI=1S/C28H29N5OS/c1-22-29-30-28(33(22)25-15-9-4-10-16-25)35-21-26(34)31-17-19-32(20-18-31)27(23-11-5-2-6-12-23)24-13-7-3-8-14-24/h2-16,27H,17-21H2,1H3. The summed E-state index contributed by atoms with van der Waals surface area (Å²) < 4.78 is 2.00. The van der Waals surface area contributed by atoms with Gasteiger partial charge in [-0.25, -0.2) is 0 Å². The predicted molar refractivity (Wildman–Crippen MR) is 140 cm³/mol. The lowest BCUT2D eigenvalue weighted by Gasteiger charge is -2.39. The van der Waals surface area contributed by atoms with E-state index in [2.05, 4.69) is 75.8 Å². The van der Waals surface area contributed by atoms with E-state index >= 15 is 0 Å². The third-order valence-corrected chi connectivity index (χ3v) is 7.31. The average molecular weight is 484 g/mol. The fourth-order valence-electron chi connectivity index (χ4n) is 4.64. The van der Waals surface area contributed by atoms with Gasteiger partial charge < -0.3 is 4.90 Å². The fourth-order valence-corrected chi connectivity index (χ4v) is 5.54. The highest BCUT2D eigenvalue weighted by molar-refractivity contribution is 7.99. The molecule has 6 nitrogen and oxygen atoms in total. The van der Waals surface area contributed by atoms with E-state index < -0.39 is 0 Å². The lowest BCUT2D eigenvalue weighted by Crippen LogP contribution is -2.50. The minimum atomic E-state index is 0.144. The third-order valence-electron chi connectivity index (χ3n) is 6.40. The van der Waals surface area contributed by atoms with Gasteiger partial charge in [0.25, 0.3) is 0 Å². The van der Waals surface area contributed by atoms with Crippen molar-refractivity contribution in [1.82, 2.24) is 24.6 Å². The Labute approximate surface area is 210 Å². The first-order valence-corrected chi connectivity index (χ1v) is 12.9. The normalized spacial score (nSPS) is 14.4. The number of nitrogens with zero attached hydrogens (tertiary/aromatic N) is 5. The zero-order valence-electron chi connectivity index (χ0n) is 19.8. The topological polar surface area (TPSA) is 54.3 Å². The number of piperazine rings is 1. The minimum absolute atomic E-state index is 0.144. The first-order valence-electron chi connectivity index (χ1n) is 11.9. The van der Waals surface area contributed by atoms with Gasteiger partial charge in [0.2, 0.25) is 5.91 Å². The summed E-state index contributed by atoms with van der Waals surface area (Å²) in [6.45, 7) is 5.05. The lowest BCUT2D eigenvalue weighted by atomic mass is 9.96. The molecule has 0 unspecified atom stereocenters. The highest BCUT2D eigenvalue weighted by Crippen LogP contribution is 2.30. The van der Waals surface area contributed by atoms with Crippen LogP contribution in [-0.2, 0) is 4.79 Å². The van der Waals surface area contributed by atoms with Gasteiger partial charge in [0.05, 0.1) is 11.8 Å². The first-order chi connectivity index (χ1) is 17.2. The van der Waals surface area contributed by atoms with Crippen LogP contribution < -0.4 is 0 Å². The number of aryl methyl sites for hydroxylation is 1. The number of benzene rings is 3. The molecular formula is C28H29N5OS. The number of rotatable bonds is 7. The molecule has 1 amide bonds. The first kappa shape index (κ1) is 23.3.